The van der Waals surface area contributed by atoms with Crippen molar-refractivity contribution in [2.75, 3.05) is 103 Å². The van der Waals surface area contributed by atoms with Crippen LogP contribution in [0.4, 0.5) is 21.0 Å². The quantitative estimate of drug-likeness (QED) is 0.0286. The molecule has 2 aliphatic heterocycles. The number of aliphatic hydroxyl groups excluding tert-OH is 2. The number of amides is 11. The molecular weight excluding hydrogens is 1410 g/mol. The number of para-hydroxylation sites is 1. The Kier molecular flexibility index (Phi) is 38.5. The second-order valence-electron chi connectivity index (χ2n) is 27.7. The molecular formula is C77H113N13O19. The number of urea groups is 1. The molecule has 1 saturated heterocycles. The number of aliphatic hydroxyl groups is 2. The molecule has 1 fully saturated rings. The van der Waals surface area contributed by atoms with E-state index in [0.717, 1.165) is 16.7 Å². The van der Waals surface area contributed by atoms with Crippen molar-refractivity contribution in [3.05, 3.63) is 106 Å². The van der Waals surface area contributed by atoms with E-state index in [1.54, 1.807) is 56.9 Å². The Morgan fingerprint density at radius 1 is 0.670 bits per heavy atom. The standard InChI is InChI=1S/C77H113N13O19/c1-50(2)70(72(79)98)87-74(100)59(85-66(95)33-37-103-39-41-105-43-44-106-42-40-104-38-35-83-64(93)31-32-68(97)90-46-55-17-7-6-15-53(55)25-26-54-16-8-9-20-61(54)90)19-10-12-34-82-67(96)49-107-63-21-14-18-57(45-60(69(63)78)86-75-62(92)30-29-58(47-91)109-75)89(76(81)101)36-13-11-22-65(94)84-56-27-23-52(24-28-56)48-108-77(102)88(5)71(51(3)4)73(80)99/h6-9,15-17,20,23-24,27-28,50-51,57-59,62-63,70-71,75,86,91-92H,10-14,18-19,21-22,29-49,78H2,1-5H3,(H2,79,98)(H2,80,99)(H2,81,101)(H,82,96)(H,83,93)(H,84,94)(H,85,95)(H,87,100)/b69-60-/t57?,58-,59+,62+,63?,70-,71-,75+/m0/s1. The predicted octanol–water partition coefficient (Wildman–Crippen LogP) is 2.90. The van der Waals surface area contributed by atoms with E-state index in [9.17, 15) is 58.2 Å². The molecule has 6 rings (SSSR count). The molecule has 3 aliphatic rings. The average Bonchev–Trinajstić information content (AvgIpc) is 0.812. The molecule has 0 bridgehead atoms. The van der Waals surface area contributed by atoms with E-state index >= 15 is 0 Å². The number of fused-ring (bicyclic) bond motifs is 2. The van der Waals surface area contributed by atoms with Gasteiger partial charge in [0.15, 0.2) is 6.23 Å². The van der Waals surface area contributed by atoms with Gasteiger partial charge in [-0.15, -0.1) is 0 Å². The van der Waals surface area contributed by atoms with Gasteiger partial charge in [-0.25, -0.2) is 9.59 Å². The highest BCUT2D eigenvalue weighted by atomic mass is 16.6. The van der Waals surface area contributed by atoms with Crippen molar-refractivity contribution in [3.63, 3.8) is 0 Å². The second kappa shape index (κ2) is 47.5. The minimum Gasteiger partial charge on any atom is -0.445 e. The maximum Gasteiger partial charge on any atom is 0.410 e. The number of primary amides is 3. The van der Waals surface area contributed by atoms with Crippen molar-refractivity contribution in [3.8, 4) is 11.8 Å². The monoisotopic (exact) mass is 1520 g/mol. The molecule has 16 N–H and O–H groups in total. The largest absolute Gasteiger partial charge is 0.445 e. The molecule has 8 atom stereocenters. The van der Waals surface area contributed by atoms with Gasteiger partial charge in [0.05, 0.1) is 95.7 Å². The Balaban J connectivity index is 0.867. The number of hydrogen-bond donors (Lipinski definition) is 12. The second-order valence-corrected chi connectivity index (χ2v) is 27.7. The number of nitrogens with two attached hydrogens (primary N) is 4. The first-order valence-corrected chi connectivity index (χ1v) is 37.5. The fourth-order valence-electron chi connectivity index (χ4n) is 12.6. The zero-order valence-corrected chi connectivity index (χ0v) is 63.4. The van der Waals surface area contributed by atoms with Crippen molar-refractivity contribution in [1.29, 1.82) is 0 Å². The lowest BCUT2D eigenvalue weighted by Crippen LogP contribution is -2.54. The topological polar surface area (TPSA) is 462 Å². The number of ether oxygens (including phenoxy) is 7. The van der Waals surface area contributed by atoms with Crippen LogP contribution in [0.15, 0.2) is 84.2 Å². The van der Waals surface area contributed by atoms with Gasteiger partial charge in [0.1, 0.15) is 31.3 Å². The van der Waals surface area contributed by atoms with Crippen molar-refractivity contribution < 1.29 is 91.3 Å². The van der Waals surface area contributed by atoms with Crippen molar-refractivity contribution in [1.82, 2.24) is 36.4 Å². The van der Waals surface area contributed by atoms with Crippen LogP contribution >= 0.6 is 0 Å². The van der Waals surface area contributed by atoms with Gasteiger partial charge < -0.3 is 108 Å². The highest BCUT2D eigenvalue weighted by Gasteiger charge is 2.36. The van der Waals surface area contributed by atoms with E-state index in [4.69, 9.17) is 56.1 Å². The maximum absolute atomic E-state index is 13.6. The van der Waals surface area contributed by atoms with Gasteiger partial charge in [-0.2, -0.15) is 0 Å². The van der Waals surface area contributed by atoms with Gasteiger partial charge >= 0.3 is 12.1 Å². The SMILES string of the molecule is CC(C)[C@H](NC(=O)[C@@H](CCCCNC(=O)COC1CCCC(N(CCCCC(=O)Nc2ccc(COC(=O)N(C)[C@H](C(N)=O)C(C)C)cc2)C(N)=O)C/C(N[C@@H]2O[C@H](CO)CC[C@H]2O)=C\1N)NC(=O)CCOCCOCCOCCOCCNC(=O)CCC(=O)N1Cc2ccccc2C#Cc2ccccc21)C(N)=O. The molecule has 109 heavy (non-hydrogen) atoms. The summed E-state index contributed by atoms with van der Waals surface area (Å²) >= 11 is 0. The van der Waals surface area contributed by atoms with E-state index < -0.39 is 97.0 Å². The summed E-state index contributed by atoms with van der Waals surface area (Å²) in [7, 11) is 1.45. The van der Waals surface area contributed by atoms with Crippen molar-refractivity contribution in [2.45, 2.75) is 186 Å². The first-order valence-electron chi connectivity index (χ1n) is 37.5. The highest BCUT2D eigenvalue weighted by Crippen LogP contribution is 2.30. The third-order valence-corrected chi connectivity index (χ3v) is 18.6. The molecule has 0 spiro atoms. The lowest BCUT2D eigenvalue weighted by atomic mass is 9.93. The molecule has 32 heteroatoms. The van der Waals surface area contributed by atoms with Crippen LogP contribution in [0.25, 0.3) is 0 Å². The number of rotatable bonds is 46. The van der Waals surface area contributed by atoms with Crippen LogP contribution in [-0.4, -0.2) is 221 Å². The van der Waals surface area contributed by atoms with E-state index in [1.807, 2.05) is 48.5 Å². The molecule has 2 unspecified atom stereocenters. The number of likely N-dealkylation sites (N-methyl/N-ethyl adjacent to an activating group) is 1. The summed E-state index contributed by atoms with van der Waals surface area (Å²) < 4.78 is 39.9. The molecule has 0 radical (unpaired) electrons. The summed E-state index contributed by atoms with van der Waals surface area (Å²) in [5, 5.41) is 38.1. The van der Waals surface area contributed by atoms with E-state index in [0.29, 0.717) is 93.6 Å². The van der Waals surface area contributed by atoms with Gasteiger partial charge in [-0.1, -0.05) is 82.0 Å². The normalized spacial score (nSPS) is 18.4. The number of anilines is 2. The van der Waals surface area contributed by atoms with E-state index in [1.165, 1.54) is 16.8 Å². The van der Waals surface area contributed by atoms with Gasteiger partial charge in [0.25, 0.3) is 0 Å². The highest BCUT2D eigenvalue weighted by molar-refractivity contribution is 5.97. The number of benzene rings is 3. The summed E-state index contributed by atoms with van der Waals surface area (Å²) in [5.74, 6) is 2.19. The number of nitrogens with one attached hydrogen (secondary N) is 6. The lowest BCUT2D eigenvalue weighted by molar-refractivity contribution is -0.139. The first kappa shape index (κ1) is 88.4. The van der Waals surface area contributed by atoms with E-state index in [-0.39, 0.29) is 153 Å². The Hall–Kier alpha value is -9.46. The fraction of sp³-hybridized carbons (Fsp3) is 0.584. The van der Waals surface area contributed by atoms with Crippen molar-refractivity contribution in [2.24, 2.45) is 34.8 Å². The summed E-state index contributed by atoms with van der Waals surface area (Å²) in [5.41, 5.74) is 29.0. The number of hydrogen-bond acceptors (Lipinski definition) is 21. The van der Waals surface area contributed by atoms with Crippen LogP contribution in [0, 0.1) is 23.7 Å². The fourth-order valence-corrected chi connectivity index (χ4v) is 12.6. The Bertz CT molecular complexity index is 3550. The Labute approximate surface area is 637 Å². The number of carbonyl (C=O) groups is 10. The van der Waals surface area contributed by atoms with Crippen LogP contribution in [0.3, 0.4) is 0 Å². The summed E-state index contributed by atoms with van der Waals surface area (Å²) in [6.07, 6.45) is -0.134. The zero-order chi connectivity index (χ0) is 79.2. The Morgan fingerprint density at radius 2 is 1.33 bits per heavy atom. The van der Waals surface area contributed by atoms with Gasteiger partial charge in [0.2, 0.25) is 47.3 Å². The maximum atomic E-state index is 13.6. The van der Waals surface area contributed by atoms with Gasteiger partial charge in [-0.05, 0) is 118 Å². The van der Waals surface area contributed by atoms with Crippen molar-refractivity contribution >= 4 is 70.8 Å². The molecule has 0 aromatic heterocycles. The van der Waals surface area contributed by atoms with Crippen LogP contribution in [0.1, 0.15) is 146 Å². The first-order chi connectivity index (χ1) is 52.3. The minimum atomic E-state index is -1.05. The number of carbonyl (C=O) groups excluding carboxylic acids is 10. The Morgan fingerprint density at radius 3 is 2.00 bits per heavy atom. The molecule has 2 heterocycles. The smallest absolute Gasteiger partial charge is 0.410 e. The molecule has 3 aromatic rings. The molecule has 11 amide bonds. The third kappa shape index (κ3) is 30.8. The molecule has 0 saturated carbocycles. The number of nitrogens with zero attached hydrogens (tertiary/aromatic N) is 3. The van der Waals surface area contributed by atoms with Crippen LogP contribution < -0.4 is 59.7 Å². The molecule has 3 aromatic carbocycles. The van der Waals surface area contributed by atoms with Crippen LogP contribution in [0.5, 0.6) is 0 Å². The lowest BCUT2D eigenvalue weighted by Gasteiger charge is -2.38. The van der Waals surface area contributed by atoms with Gasteiger partial charge in [-0.3, -0.25) is 43.3 Å². The van der Waals surface area contributed by atoms with Crippen LogP contribution in [0.2, 0.25) is 0 Å². The minimum absolute atomic E-state index is 0.0209. The molecule has 600 valence electrons. The molecule has 1 aliphatic carbocycles. The predicted molar refractivity (Wildman–Crippen MR) is 403 cm³/mol. The summed E-state index contributed by atoms with van der Waals surface area (Å²) in [6, 6.07) is 17.8. The zero-order valence-electron chi connectivity index (χ0n) is 63.4. The third-order valence-electron chi connectivity index (χ3n) is 18.6. The van der Waals surface area contributed by atoms with Gasteiger partial charge in [0, 0.05) is 87.3 Å². The summed E-state index contributed by atoms with van der Waals surface area (Å²) in [6.45, 7) is 9.05. The van der Waals surface area contributed by atoms with Crippen LogP contribution in [-0.2, 0) is 84.7 Å². The molecule has 32 nitrogen and oxygen atoms in total. The average molecular weight is 1520 g/mol. The number of unbranched alkanes of at least 4 members (excludes halogenated alkanes) is 2. The van der Waals surface area contributed by atoms with E-state index in [2.05, 4.69) is 43.7 Å². The summed E-state index contributed by atoms with van der Waals surface area (Å²) in [4.78, 5) is 134.